The van der Waals surface area contributed by atoms with Gasteiger partial charge < -0.3 is 5.32 Å². The third-order valence-corrected chi connectivity index (χ3v) is 5.56. The molecule has 7 heteroatoms. The first kappa shape index (κ1) is 17.0. The molecule has 2 aliphatic rings. The van der Waals surface area contributed by atoms with Gasteiger partial charge in [0.1, 0.15) is 5.82 Å². The van der Waals surface area contributed by atoms with E-state index in [-0.39, 0.29) is 17.9 Å². The summed E-state index contributed by atoms with van der Waals surface area (Å²) in [6.07, 6.45) is -1.81. The zero-order valence-electron chi connectivity index (χ0n) is 12.7. The first-order chi connectivity index (χ1) is 10.9. The van der Waals surface area contributed by atoms with E-state index in [9.17, 15) is 17.6 Å². The summed E-state index contributed by atoms with van der Waals surface area (Å²) in [7, 11) is 0. The predicted octanol–water partition coefficient (Wildman–Crippen LogP) is 3.98. The Morgan fingerprint density at radius 2 is 1.91 bits per heavy atom. The van der Waals surface area contributed by atoms with Gasteiger partial charge in [-0.2, -0.15) is 13.2 Å². The highest BCUT2D eigenvalue weighted by Crippen LogP contribution is 2.37. The van der Waals surface area contributed by atoms with Crippen LogP contribution in [0.4, 0.5) is 17.6 Å². The summed E-state index contributed by atoms with van der Waals surface area (Å²) in [6.45, 7) is 0.0805. The minimum Gasteiger partial charge on any atom is -0.307 e. The van der Waals surface area contributed by atoms with Crippen LogP contribution in [0, 0.1) is 5.82 Å². The van der Waals surface area contributed by atoms with Gasteiger partial charge in [0.2, 0.25) is 0 Å². The van der Waals surface area contributed by atoms with Gasteiger partial charge in [-0.1, -0.05) is 0 Å². The largest absolute Gasteiger partial charge is 0.401 e. The summed E-state index contributed by atoms with van der Waals surface area (Å²) >= 11 is 1.73. The van der Waals surface area contributed by atoms with Gasteiger partial charge in [-0.25, -0.2) is 4.39 Å². The number of likely N-dealkylation sites (tertiary alicyclic amines) is 1. The van der Waals surface area contributed by atoms with Crippen LogP contribution in [0.15, 0.2) is 23.1 Å². The highest BCUT2D eigenvalue weighted by Gasteiger charge is 2.33. The van der Waals surface area contributed by atoms with Crippen molar-refractivity contribution in [1.82, 2.24) is 10.2 Å². The maximum Gasteiger partial charge on any atom is 0.401 e. The number of benzene rings is 1. The lowest BCUT2D eigenvalue weighted by Gasteiger charge is -2.36. The van der Waals surface area contributed by atoms with Crippen LogP contribution in [0.3, 0.4) is 0 Å². The Morgan fingerprint density at radius 3 is 2.61 bits per heavy atom. The van der Waals surface area contributed by atoms with E-state index in [1.54, 1.807) is 17.8 Å². The van der Waals surface area contributed by atoms with Gasteiger partial charge in [0.15, 0.2) is 0 Å². The lowest BCUT2D eigenvalue weighted by Crippen LogP contribution is -2.46. The number of hydrogen-bond acceptors (Lipinski definition) is 3. The van der Waals surface area contributed by atoms with Crippen LogP contribution < -0.4 is 5.32 Å². The molecule has 2 nitrogen and oxygen atoms in total. The Hall–Kier alpha value is -0.790. The lowest BCUT2D eigenvalue weighted by molar-refractivity contribution is -0.148. The van der Waals surface area contributed by atoms with Crippen LogP contribution in [0.2, 0.25) is 0 Å². The summed E-state index contributed by atoms with van der Waals surface area (Å²) in [6, 6.07) is 5.17. The SMILES string of the molecule is Fc1ccc2c(c1)C(NC1CCN(CC(F)(F)F)CC1)CCS2. The zero-order chi connectivity index (χ0) is 16.4. The minimum absolute atomic E-state index is 0.0983. The lowest BCUT2D eigenvalue weighted by atomic mass is 9.98. The molecule has 0 aliphatic carbocycles. The number of halogens is 4. The van der Waals surface area contributed by atoms with E-state index in [1.165, 1.54) is 11.0 Å². The second-order valence-corrected chi connectivity index (χ2v) is 7.34. The van der Waals surface area contributed by atoms with Crippen LogP contribution in [-0.4, -0.2) is 42.5 Å². The average molecular weight is 348 g/mol. The fourth-order valence-corrected chi connectivity index (χ4v) is 4.44. The molecule has 0 saturated carbocycles. The number of nitrogens with one attached hydrogen (secondary N) is 1. The molecule has 2 aliphatic heterocycles. The second kappa shape index (κ2) is 6.99. The molecule has 128 valence electrons. The number of nitrogens with zero attached hydrogens (tertiary/aromatic N) is 1. The van der Waals surface area contributed by atoms with Crippen LogP contribution >= 0.6 is 11.8 Å². The van der Waals surface area contributed by atoms with Crippen molar-refractivity contribution in [3.63, 3.8) is 0 Å². The topological polar surface area (TPSA) is 15.3 Å². The Labute approximate surface area is 137 Å². The van der Waals surface area contributed by atoms with Gasteiger partial charge in [-0.05, 0) is 61.9 Å². The van der Waals surface area contributed by atoms with E-state index in [1.807, 2.05) is 6.07 Å². The number of hydrogen-bond donors (Lipinski definition) is 1. The van der Waals surface area contributed by atoms with E-state index < -0.39 is 12.7 Å². The van der Waals surface area contributed by atoms with Crippen molar-refractivity contribution < 1.29 is 17.6 Å². The third kappa shape index (κ3) is 4.61. The Kier molecular flexibility index (Phi) is 5.18. The van der Waals surface area contributed by atoms with Gasteiger partial charge in [-0.3, -0.25) is 4.90 Å². The Bertz CT molecular complexity index is 541. The Balaban J connectivity index is 1.57. The molecule has 0 bridgehead atoms. The van der Waals surface area contributed by atoms with E-state index in [4.69, 9.17) is 0 Å². The second-order valence-electron chi connectivity index (χ2n) is 6.20. The summed E-state index contributed by atoms with van der Waals surface area (Å²) in [4.78, 5) is 2.56. The van der Waals surface area contributed by atoms with Crippen molar-refractivity contribution >= 4 is 11.8 Å². The molecule has 1 aromatic carbocycles. The molecular weight excluding hydrogens is 328 g/mol. The molecule has 0 spiro atoms. The first-order valence-electron chi connectivity index (χ1n) is 7.88. The smallest absolute Gasteiger partial charge is 0.307 e. The van der Waals surface area contributed by atoms with Crippen molar-refractivity contribution in [2.45, 2.75) is 42.4 Å². The summed E-state index contributed by atoms with van der Waals surface area (Å²) in [5.74, 6) is 0.737. The zero-order valence-corrected chi connectivity index (χ0v) is 13.5. The maximum absolute atomic E-state index is 13.5. The molecule has 1 saturated heterocycles. The highest BCUT2D eigenvalue weighted by molar-refractivity contribution is 7.99. The molecule has 0 radical (unpaired) electrons. The van der Waals surface area contributed by atoms with Crippen molar-refractivity contribution in [2.75, 3.05) is 25.4 Å². The van der Waals surface area contributed by atoms with E-state index >= 15 is 0 Å². The molecule has 0 amide bonds. The molecule has 0 aromatic heterocycles. The molecule has 1 fully saturated rings. The molecule has 1 N–H and O–H groups in total. The van der Waals surface area contributed by atoms with Gasteiger partial charge in [0.25, 0.3) is 0 Å². The number of alkyl halides is 3. The number of rotatable bonds is 3. The van der Waals surface area contributed by atoms with Gasteiger partial charge >= 0.3 is 6.18 Å². The van der Waals surface area contributed by atoms with E-state index in [0.29, 0.717) is 25.9 Å². The Morgan fingerprint density at radius 1 is 1.17 bits per heavy atom. The van der Waals surface area contributed by atoms with Crippen LogP contribution in [0.1, 0.15) is 30.9 Å². The number of piperidine rings is 1. The van der Waals surface area contributed by atoms with Crippen molar-refractivity contribution in [2.24, 2.45) is 0 Å². The molecule has 1 unspecified atom stereocenters. The summed E-state index contributed by atoms with van der Waals surface area (Å²) < 4.78 is 50.8. The van der Waals surface area contributed by atoms with E-state index in [2.05, 4.69) is 5.32 Å². The minimum atomic E-state index is -4.13. The first-order valence-corrected chi connectivity index (χ1v) is 8.87. The maximum atomic E-state index is 13.5. The summed E-state index contributed by atoms with van der Waals surface area (Å²) in [5.41, 5.74) is 0.985. The van der Waals surface area contributed by atoms with E-state index in [0.717, 1.165) is 22.6 Å². The van der Waals surface area contributed by atoms with Crippen molar-refractivity contribution in [3.05, 3.63) is 29.6 Å². The molecule has 23 heavy (non-hydrogen) atoms. The normalized spacial score (nSPS) is 23.7. The fourth-order valence-electron chi connectivity index (χ4n) is 3.33. The number of fused-ring (bicyclic) bond motifs is 1. The molecule has 3 rings (SSSR count). The summed E-state index contributed by atoms with van der Waals surface area (Å²) in [5, 5.41) is 3.54. The molecule has 1 atom stereocenters. The molecule has 1 aromatic rings. The molecule has 2 heterocycles. The average Bonchev–Trinajstić information content (AvgIpc) is 2.48. The van der Waals surface area contributed by atoms with Crippen molar-refractivity contribution in [3.8, 4) is 0 Å². The molecular formula is C16H20F4N2S. The van der Waals surface area contributed by atoms with Gasteiger partial charge in [0, 0.05) is 17.0 Å². The van der Waals surface area contributed by atoms with Crippen LogP contribution in [-0.2, 0) is 0 Å². The monoisotopic (exact) mass is 348 g/mol. The number of thioether (sulfide) groups is 1. The van der Waals surface area contributed by atoms with Crippen LogP contribution in [0.5, 0.6) is 0 Å². The van der Waals surface area contributed by atoms with Crippen LogP contribution in [0.25, 0.3) is 0 Å². The highest BCUT2D eigenvalue weighted by atomic mass is 32.2. The van der Waals surface area contributed by atoms with Crippen molar-refractivity contribution in [1.29, 1.82) is 0 Å². The quantitative estimate of drug-likeness (QED) is 0.832. The van der Waals surface area contributed by atoms with Gasteiger partial charge in [0.05, 0.1) is 6.54 Å². The standard InChI is InChI=1S/C16H20F4N2S/c17-11-1-2-15-13(9-11)14(5-8-23-15)21-12-3-6-22(7-4-12)10-16(18,19)20/h1-2,9,12,14,21H,3-8,10H2. The van der Waals surface area contributed by atoms with Gasteiger partial charge in [-0.15, -0.1) is 11.8 Å². The fraction of sp³-hybridized carbons (Fsp3) is 0.625. The predicted molar refractivity (Wildman–Crippen MR) is 83.1 cm³/mol. The third-order valence-electron chi connectivity index (χ3n) is 4.44.